The molecule has 0 radical (unpaired) electrons. The summed E-state index contributed by atoms with van der Waals surface area (Å²) < 4.78 is 27.6. The van der Waals surface area contributed by atoms with Crippen LogP contribution in [-0.4, -0.2) is 89.5 Å². The molecule has 0 unspecified atom stereocenters. The van der Waals surface area contributed by atoms with Gasteiger partial charge in [-0.1, -0.05) is 0 Å². The molecule has 4 rings (SSSR count). The predicted molar refractivity (Wildman–Crippen MR) is 99.9 cm³/mol. The van der Waals surface area contributed by atoms with Gasteiger partial charge in [0.05, 0.1) is 17.1 Å². The van der Waals surface area contributed by atoms with Gasteiger partial charge in [0, 0.05) is 64.1 Å². The van der Waals surface area contributed by atoms with Crippen LogP contribution >= 0.6 is 15.9 Å². The van der Waals surface area contributed by atoms with Crippen molar-refractivity contribution in [3.05, 3.63) is 16.9 Å². The minimum atomic E-state index is -2.74. The zero-order valence-electron chi connectivity index (χ0n) is 15.0. The maximum absolute atomic E-state index is 13.4. The number of alkyl halides is 2. The summed E-state index contributed by atoms with van der Waals surface area (Å²) in [4.78, 5) is 27.0. The van der Waals surface area contributed by atoms with E-state index in [-0.39, 0.29) is 31.0 Å². The van der Waals surface area contributed by atoms with E-state index in [1.54, 1.807) is 12.4 Å². The smallest absolute Gasteiger partial charge is 0.267 e. The maximum atomic E-state index is 13.4. The highest BCUT2D eigenvalue weighted by atomic mass is 79.9. The lowest BCUT2D eigenvalue weighted by molar-refractivity contribution is -0.133. The highest BCUT2D eigenvalue weighted by Crippen LogP contribution is 2.28. The van der Waals surface area contributed by atoms with Crippen LogP contribution in [-0.2, 0) is 4.79 Å². The standard InChI is InChI=1S/C17H23BrF2N6O/c18-12-8-22-16(23-9-12)25-5-3-24(4-6-25)13-7-14(21-10-13)15(27)26-2-1-17(19,20)11-26/h8-9,13-14,21H,1-7,10-11H2/t13-,14-/m0/s1. The molecule has 0 aromatic carbocycles. The molecule has 0 spiro atoms. The Morgan fingerprint density at radius 2 is 1.89 bits per heavy atom. The Kier molecular flexibility index (Phi) is 5.30. The van der Waals surface area contributed by atoms with Gasteiger partial charge in [-0.3, -0.25) is 9.69 Å². The van der Waals surface area contributed by atoms with E-state index in [1.165, 1.54) is 4.90 Å². The van der Waals surface area contributed by atoms with Crippen molar-refractivity contribution in [2.24, 2.45) is 0 Å². The fourth-order valence-electron chi connectivity index (χ4n) is 4.08. The van der Waals surface area contributed by atoms with Gasteiger partial charge in [0.1, 0.15) is 0 Å². The van der Waals surface area contributed by atoms with Crippen molar-refractivity contribution in [2.75, 3.05) is 50.7 Å². The molecule has 0 aliphatic carbocycles. The molecule has 3 fully saturated rings. The lowest BCUT2D eigenvalue weighted by Gasteiger charge is -2.37. The number of nitrogens with one attached hydrogen (secondary N) is 1. The number of anilines is 1. The molecular formula is C17H23BrF2N6O. The average Bonchev–Trinajstić information content (AvgIpc) is 3.29. The van der Waals surface area contributed by atoms with E-state index in [0.717, 1.165) is 43.1 Å². The number of rotatable bonds is 3. The lowest BCUT2D eigenvalue weighted by atomic mass is 10.1. The monoisotopic (exact) mass is 444 g/mol. The van der Waals surface area contributed by atoms with Crippen molar-refractivity contribution >= 4 is 27.8 Å². The molecule has 10 heteroatoms. The third-order valence-electron chi connectivity index (χ3n) is 5.61. The van der Waals surface area contributed by atoms with Gasteiger partial charge in [-0.15, -0.1) is 0 Å². The number of halogens is 3. The van der Waals surface area contributed by atoms with E-state index >= 15 is 0 Å². The molecular weight excluding hydrogens is 422 g/mol. The summed E-state index contributed by atoms with van der Waals surface area (Å²) in [7, 11) is 0. The molecule has 27 heavy (non-hydrogen) atoms. The molecule has 7 nitrogen and oxygen atoms in total. The number of carbonyl (C=O) groups excluding carboxylic acids is 1. The van der Waals surface area contributed by atoms with Crippen molar-refractivity contribution in [1.82, 2.24) is 25.1 Å². The van der Waals surface area contributed by atoms with Crippen LogP contribution in [0.2, 0.25) is 0 Å². The quantitative estimate of drug-likeness (QED) is 0.748. The molecule has 1 aromatic heterocycles. The second kappa shape index (κ2) is 7.56. The van der Waals surface area contributed by atoms with Gasteiger partial charge in [-0.2, -0.15) is 0 Å². The first-order valence-electron chi connectivity index (χ1n) is 9.28. The van der Waals surface area contributed by atoms with Gasteiger partial charge >= 0.3 is 0 Å². The molecule has 4 heterocycles. The molecule has 0 bridgehead atoms. The Morgan fingerprint density at radius 1 is 1.19 bits per heavy atom. The van der Waals surface area contributed by atoms with Gasteiger partial charge in [0.25, 0.3) is 5.92 Å². The number of nitrogens with zero attached hydrogens (tertiary/aromatic N) is 5. The van der Waals surface area contributed by atoms with Crippen LogP contribution in [0.5, 0.6) is 0 Å². The molecule has 1 N–H and O–H groups in total. The Bertz CT molecular complexity index is 683. The Balaban J connectivity index is 1.27. The van der Waals surface area contributed by atoms with E-state index in [1.807, 2.05) is 0 Å². The van der Waals surface area contributed by atoms with Gasteiger partial charge in [0.15, 0.2) is 0 Å². The zero-order valence-corrected chi connectivity index (χ0v) is 16.5. The molecule has 1 amide bonds. The number of piperazine rings is 1. The number of hydrogen-bond donors (Lipinski definition) is 1. The Morgan fingerprint density at radius 3 is 2.52 bits per heavy atom. The number of amides is 1. The third-order valence-corrected chi connectivity index (χ3v) is 6.02. The highest BCUT2D eigenvalue weighted by molar-refractivity contribution is 9.10. The van der Waals surface area contributed by atoms with Crippen LogP contribution < -0.4 is 10.2 Å². The fraction of sp³-hybridized carbons (Fsp3) is 0.706. The molecule has 3 aliphatic heterocycles. The first-order valence-corrected chi connectivity index (χ1v) is 10.1. The van der Waals surface area contributed by atoms with Crippen molar-refractivity contribution < 1.29 is 13.6 Å². The van der Waals surface area contributed by atoms with Crippen molar-refractivity contribution in [1.29, 1.82) is 0 Å². The lowest BCUT2D eigenvalue weighted by Crippen LogP contribution is -2.51. The summed E-state index contributed by atoms with van der Waals surface area (Å²) in [6.45, 7) is 3.82. The van der Waals surface area contributed by atoms with E-state index in [9.17, 15) is 13.6 Å². The molecule has 3 aliphatic rings. The Hall–Kier alpha value is -1.39. The number of carbonyl (C=O) groups is 1. The predicted octanol–water partition coefficient (Wildman–Crippen LogP) is 0.959. The molecule has 148 valence electrons. The van der Waals surface area contributed by atoms with E-state index in [4.69, 9.17) is 0 Å². The summed E-state index contributed by atoms with van der Waals surface area (Å²) in [5, 5.41) is 3.24. The van der Waals surface area contributed by atoms with Crippen LogP contribution in [0.4, 0.5) is 14.7 Å². The number of hydrogen-bond acceptors (Lipinski definition) is 6. The Labute approximate surface area is 165 Å². The van der Waals surface area contributed by atoms with Crippen molar-refractivity contribution in [3.63, 3.8) is 0 Å². The van der Waals surface area contributed by atoms with Gasteiger partial charge in [0.2, 0.25) is 11.9 Å². The molecule has 0 saturated carbocycles. The maximum Gasteiger partial charge on any atom is 0.267 e. The van der Waals surface area contributed by atoms with Crippen LogP contribution in [0.25, 0.3) is 0 Å². The average molecular weight is 445 g/mol. The van der Waals surface area contributed by atoms with Crippen molar-refractivity contribution in [3.8, 4) is 0 Å². The second-order valence-electron chi connectivity index (χ2n) is 7.44. The minimum Gasteiger partial charge on any atom is -0.338 e. The first-order chi connectivity index (χ1) is 12.9. The normalized spacial score (nSPS) is 28.7. The van der Waals surface area contributed by atoms with Crippen LogP contribution in [0.3, 0.4) is 0 Å². The van der Waals surface area contributed by atoms with Gasteiger partial charge in [-0.05, 0) is 22.4 Å². The molecule has 2 atom stereocenters. The second-order valence-corrected chi connectivity index (χ2v) is 8.36. The molecule has 1 aromatic rings. The summed E-state index contributed by atoms with van der Waals surface area (Å²) in [5.74, 6) is -2.19. The topological polar surface area (TPSA) is 64.6 Å². The largest absolute Gasteiger partial charge is 0.338 e. The van der Waals surface area contributed by atoms with Crippen LogP contribution in [0.15, 0.2) is 16.9 Å². The summed E-state index contributed by atoms with van der Waals surface area (Å²) in [5.41, 5.74) is 0. The highest BCUT2D eigenvalue weighted by Gasteiger charge is 2.43. The van der Waals surface area contributed by atoms with E-state index in [2.05, 4.69) is 41.0 Å². The summed E-state index contributed by atoms with van der Waals surface area (Å²) >= 11 is 3.34. The van der Waals surface area contributed by atoms with E-state index < -0.39 is 12.5 Å². The van der Waals surface area contributed by atoms with Crippen molar-refractivity contribution in [2.45, 2.75) is 30.8 Å². The zero-order chi connectivity index (χ0) is 19.0. The number of aromatic nitrogens is 2. The first kappa shape index (κ1) is 18.9. The summed E-state index contributed by atoms with van der Waals surface area (Å²) in [6, 6.07) is -0.0909. The van der Waals surface area contributed by atoms with Gasteiger partial charge in [-0.25, -0.2) is 18.7 Å². The fourth-order valence-corrected chi connectivity index (χ4v) is 4.29. The van der Waals surface area contributed by atoms with Gasteiger partial charge < -0.3 is 15.1 Å². The third kappa shape index (κ3) is 4.22. The van der Waals surface area contributed by atoms with Crippen LogP contribution in [0, 0.1) is 0 Å². The summed E-state index contributed by atoms with van der Waals surface area (Å²) in [6.07, 6.45) is 3.94. The van der Waals surface area contributed by atoms with E-state index in [0.29, 0.717) is 6.42 Å². The SMILES string of the molecule is O=C([C@@H]1C[C@H](N2CCN(c3ncc(Br)cn3)CC2)CN1)N1CCC(F)(F)C1. The minimum absolute atomic E-state index is 0.153. The van der Waals surface area contributed by atoms with Crippen LogP contribution in [0.1, 0.15) is 12.8 Å². The number of likely N-dealkylation sites (tertiary alicyclic amines) is 1. The molecule has 3 saturated heterocycles.